The fourth-order valence-corrected chi connectivity index (χ4v) is 4.39. The molecule has 1 N–H and O–H groups in total. The summed E-state index contributed by atoms with van der Waals surface area (Å²) in [5.41, 5.74) is 3.09. The van der Waals surface area contributed by atoms with E-state index < -0.39 is 0 Å². The lowest BCUT2D eigenvalue weighted by Gasteiger charge is -2.36. The summed E-state index contributed by atoms with van der Waals surface area (Å²) in [7, 11) is 0. The van der Waals surface area contributed by atoms with Crippen molar-refractivity contribution in [2.75, 3.05) is 31.5 Å². The van der Waals surface area contributed by atoms with Crippen molar-refractivity contribution in [3.8, 4) is 0 Å². The fourth-order valence-electron chi connectivity index (χ4n) is 3.50. The van der Waals surface area contributed by atoms with E-state index in [1.165, 1.54) is 5.56 Å². The number of hydrogen-bond acceptors (Lipinski definition) is 3. The van der Waals surface area contributed by atoms with E-state index >= 15 is 0 Å². The second-order valence-corrected chi connectivity index (χ2v) is 9.15. The fraction of sp³-hybridized carbons (Fsp3) is 0.273. The molecule has 0 bridgehead atoms. The predicted molar refractivity (Wildman–Crippen MR) is 132 cm³/mol. The molecule has 0 saturated carbocycles. The highest BCUT2D eigenvalue weighted by atomic mass is 35.5. The summed E-state index contributed by atoms with van der Waals surface area (Å²) in [5.74, 6) is 0. The first-order valence-corrected chi connectivity index (χ1v) is 11.5. The lowest BCUT2D eigenvalue weighted by atomic mass is 10.2. The van der Waals surface area contributed by atoms with Crippen molar-refractivity contribution in [3.05, 3.63) is 81.1 Å². The highest BCUT2D eigenvalue weighted by molar-refractivity contribution is 7.80. The van der Waals surface area contributed by atoms with Gasteiger partial charge in [-0.1, -0.05) is 53.0 Å². The molecule has 31 heavy (non-hydrogen) atoms. The Morgan fingerprint density at radius 3 is 2.35 bits per heavy atom. The molecule has 1 aromatic heterocycles. The van der Waals surface area contributed by atoms with E-state index in [0.29, 0.717) is 16.6 Å². The van der Waals surface area contributed by atoms with Crippen LogP contribution in [0.5, 0.6) is 0 Å². The first kappa shape index (κ1) is 22.4. The van der Waals surface area contributed by atoms with Gasteiger partial charge in [0.2, 0.25) is 0 Å². The lowest BCUT2D eigenvalue weighted by molar-refractivity contribution is 0.177. The molecular formula is C22H22Cl3N5S. The van der Waals surface area contributed by atoms with Crippen LogP contribution in [0.25, 0.3) is 0 Å². The van der Waals surface area contributed by atoms with Crippen LogP contribution in [0.2, 0.25) is 15.1 Å². The van der Waals surface area contributed by atoms with Crippen molar-refractivity contribution in [2.24, 2.45) is 0 Å². The molecular weight excluding hydrogens is 473 g/mol. The zero-order valence-electron chi connectivity index (χ0n) is 16.8. The number of nitrogens with zero attached hydrogens (tertiary/aromatic N) is 4. The molecule has 1 aliphatic heterocycles. The van der Waals surface area contributed by atoms with Crippen LogP contribution in [0.1, 0.15) is 11.1 Å². The number of rotatable bonds is 5. The van der Waals surface area contributed by atoms with Gasteiger partial charge in [0.05, 0.1) is 18.4 Å². The second-order valence-electron chi connectivity index (χ2n) is 7.48. The van der Waals surface area contributed by atoms with Crippen LogP contribution in [0.15, 0.2) is 54.9 Å². The molecule has 2 aromatic carbocycles. The maximum atomic E-state index is 6.26. The molecule has 1 saturated heterocycles. The Morgan fingerprint density at radius 2 is 1.65 bits per heavy atom. The molecule has 0 spiro atoms. The van der Waals surface area contributed by atoms with Crippen molar-refractivity contribution >= 4 is 57.8 Å². The first-order chi connectivity index (χ1) is 15.0. The molecule has 0 amide bonds. The zero-order valence-corrected chi connectivity index (χ0v) is 19.9. The van der Waals surface area contributed by atoms with Gasteiger partial charge in [-0.05, 0) is 47.6 Å². The monoisotopic (exact) mass is 493 g/mol. The minimum atomic E-state index is 0.563. The van der Waals surface area contributed by atoms with E-state index in [0.717, 1.165) is 54.1 Å². The maximum absolute atomic E-state index is 6.26. The third kappa shape index (κ3) is 6.11. The zero-order chi connectivity index (χ0) is 21.8. The Bertz CT molecular complexity index is 1050. The standard InChI is InChI=1S/C22H22Cl3N5S/c23-18-4-1-16(2-5-18)13-28-7-9-29(10-8-28)22(31)27-20-12-26-30(15-20)14-17-3-6-19(24)11-21(17)25/h1-6,11-12,15H,7-10,13-14H2,(H,27,31). The van der Waals surface area contributed by atoms with Crippen molar-refractivity contribution in [3.63, 3.8) is 0 Å². The minimum absolute atomic E-state index is 0.563. The Balaban J connectivity index is 1.27. The number of hydrogen-bond donors (Lipinski definition) is 1. The molecule has 1 fully saturated rings. The van der Waals surface area contributed by atoms with E-state index in [1.807, 2.05) is 35.1 Å². The molecule has 4 rings (SSSR count). The third-order valence-corrected chi connectivity index (χ3v) is 6.41. The molecule has 0 atom stereocenters. The second kappa shape index (κ2) is 10.2. The SMILES string of the molecule is S=C(Nc1cnn(Cc2ccc(Cl)cc2Cl)c1)N1CCN(Cc2ccc(Cl)cc2)CC1. The molecule has 162 valence electrons. The Labute approximate surface area is 202 Å². The van der Waals surface area contributed by atoms with Gasteiger partial charge in [0, 0.05) is 54.0 Å². The van der Waals surface area contributed by atoms with Crippen molar-refractivity contribution < 1.29 is 0 Å². The molecule has 5 nitrogen and oxygen atoms in total. The highest BCUT2D eigenvalue weighted by Gasteiger charge is 2.19. The quantitative estimate of drug-likeness (QED) is 0.480. The molecule has 0 radical (unpaired) electrons. The topological polar surface area (TPSA) is 36.3 Å². The molecule has 3 aromatic rings. The summed E-state index contributed by atoms with van der Waals surface area (Å²) in [6, 6.07) is 13.5. The van der Waals surface area contributed by atoms with Gasteiger partial charge in [0.25, 0.3) is 0 Å². The number of benzene rings is 2. The van der Waals surface area contributed by atoms with Gasteiger partial charge in [-0.3, -0.25) is 9.58 Å². The van der Waals surface area contributed by atoms with Gasteiger partial charge in [-0.2, -0.15) is 5.10 Å². The van der Waals surface area contributed by atoms with Crippen LogP contribution in [0, 0.1) is 0 Å². The van der Waals surface area contributed by atoms with Gasteiger partial charge in [-0.15, -0.1) is 0 Å². The van der Waals surface area contributed by atoms with E-state index in [1.54, 1.807) is 12.3 Å². The summed E-state index contributed by atoms with van der Waals surface area (Å²) in [6.07, 6.45) is 3.70. The number of piperazine rings is 1. The highest BCUT2D eigenvalue weighted by Crippen LogP contribution is 2.22. The summed E-state index contributed by atoms with van der Waals surface area (Å²) in [6.45, 7) is 5.17. The predicted octanol–water partition coefficient (Wildman–Crippen LogP) is 5.41. The van der Waals surface area contributed by atoms with E-state index in [2.05, 4.69) is 32.3 Å². The number of halogens is 3. The number of nitrogens with one attached hydrogen (secondary N) is 1. The van der Waals surface area contributed by atoms with Gasteiger partial charge < -0.3 is 10.2 Å². The average molecular weight is 495 g/mol. The normalized spacial score (nSPS) is 14.6. The molecule has 1 aliphatic rings. The number of thiocarbonyl (C=S) groups is 1. The van der Waals surface area contributed by atoms with Crippen LogP contribution in [-0.2, 0) is 13.1 Å². The maximum Gasteiger partial charge on any atom is 0.173 e. The van der Waals surface area contributed by atoms with Crippen molar-refractivity contribution in [1.29, 1.82) is 0 Å². The van der Waals surface area contributed by atoms with E-state index in [4.69, 9.17) is 47.0 Å². The van der Waals surface area contributed by atoms with Gasteiger partial charge in [0.15, 0.2) is 5.11 Å². The Morgan fingerprint density at radius 1 is 0.935 bits per heavy atom. The Kier molecular flexibility index (Phi) is 7.35. The number of anilines is 1. The Hall–Kier alpha value is -1.83. The summed E-state index contributed by atoms with van der Waals surface area (Å²) < 4.78 is 1.82. The van der Waals surface area contributed by atoms with E-state index in [-0.39, 0.29) is 0 Å². The van der Waals surface area contributed by atoms with Gasteiger partial charge in [-0.25, -0.2) is 0 Å². The molecule has 0 aliphatic carbocycles. The van der Waals surface area contributed by atoms with Crippen molar-refractivity contribution in [2.45, 2.75) is 13.1 Å². The van der Waals surface area contributed by atoms with Crippen LogP contribution in [-0.4, -0.2) is 50.9 Å². The average Bonchev–Trinajstić information content (AvgIpc) is 3.19. The van der Waals surface area contributed by atoms with Crippen LogP contribution < -0.4 is 5.32 Å². The van der Waals surface area contributed by atoms with Gasteiger partial charge in [0.1, 0.15) is 0 Å². The van der Waals surface area contributed by atoms with Crippen LogP contribution in [0.3, 0.4) is 0 Å². The summed E-state index contributed by atoms with van der Waals surface area (Å²) >= 11 is 23.8. The number of aromatic nitrogens is 2. The van der Waals surface area contributed by atoms with Crippen LogP contribution in [0.4, 0.5) is 5.69 Å². The molecule has 0 unspecified atom stereocenters. The molecule has 2 heterocycles. The summed E-state index contributed by atoms with van der Waals surface area (Å²) in [5, 5.41) is 10.4. The summed E-state index contributed by atoms with van der Waals surface area (Å²) in [4.78, 5) is 4.62. The molecule has 9 heteroatoms. The first-order valence-electron chi connectivity index (χ1n) is 9.95. The minimum Gasteiger partial charge on any atom is -0.346 e. The van der Waals surface area contributed by atoms with Crippen molar-refractivity contribution in [1.82, 2.24) is 19.6 Å². The lowest BCUT2D eigenvalue weighted by Crippen LogP contribution is -2.49. The van der Waals surface area contributed by atoms with Crippen LogP contribution >= 0.6 is 47.0 Å². The van der Waals surface area contributed by atoms with E-state index in [9.17, 15) is 0 Å². The third-order valence-electron chi connectivity index (χ3n) is 5.21. The van der Waals surface area contributed by atoms with Gasteiger partial charge >= 0.3 is 0 Å². The largest absolute Gasteiger partial charge is 0.346 e. The smallest absolute Gasteiger partial charge is 0.173 e.